The quantitative estimate of drug-likeness (QED) is 0.397. The van der Waals surface area contributed by atoms with Gasteiger partial charge in [-0.25, -0.2) is 8.42 Å². The van der Waals surface area contributed by atoms with Gasteiger partial charge in [0.15, 0.2) is 4.34 Å². The van der Waals surface area contributed by atoms with Crippen LogP contribution >= 0.6 is 23.1 Å². The van der Waals surface area contributed by atoms with Crippen LogP contribution in [0.3, 0.4) is 0 Å². The first kappa shape index (κ1) is 25.0. The number of sulfonamides is 1. The van der Waals surface area contributed by atoms with Gasteiger partial charge in [-0.15, -0.1) is 10.2 Å². The lowest BCUT2D eigenvalue weighted by molar-refractivity contribution is -0.119. The summed E-state index contributed by atoms with van der Waals surface area (Å²) in [6.45, 7) is 1.36. The molecule has 2 aromatic rings. The van der Waals surface area contributed by atoms with E-state index in [0.717, 1.165) is 25.7 Å². The number of thioether (sulfide) groups is 1. The van der Waals surface area contributed by atoms with Gasteiger partial charge < -0.3 is 10.1 Å². The molecule has 2 fully saturated rings. The number of nitrogens with zero attached hydrogens (tertiary/aromatic N) is 3. The number of anilines is 1. The minimum atomic E-state index is -3.62. The Morgan fingerprint density at radius 1 is 1.09 bits per heavy atom. The summed E-state index contributed by atoms with van der Waals surface area (Å²) in [4.78, 5) is 24.8. The predicted octanol–water partition coefficient (Wildman–Crippen LogP) is 2.35. The van der Waals surface area contributed by atoms with Crippen molar-refractivity contribution in [2.24, 2.45) is 0 Å². The van der Waals surface area contributed by atoms with Gasteiger partial charge >= 0.3 is 0 Å². The molecular formula is C21H27N5O5S3. The highest BCUT2D eigenvalue weighted by atomic mass is 32.2. The summed E-state index contributed by atoms with van der Waals surface area (Å²) >= 11 is 2.46. The lowest BCUT2D eigenvalue weighted by Crippen LogP contribution is -2.40. The molecule has 1 saturated heterocycles. The van der Waals surface area contributed by atoms with Gasteiger partial charge in [0.25, 0.3) is 5.91 Å². The minimum absolute atomic E-state index is 0.0233. The van der Waals surface area contributed by atoms with Crippen LogP contribution in [0.15, 0.2) is 33.5 Å². The van der Waals surface area contributed by atoms with E-state index >= 15 is 0 Å². The van der Waals surface area contributed by atoms with Gasteiger partial charge in [-0.2, -0.15) is 4.31 Å². The molecule has 0 atom stereocenters. The maximum absolute atomic E-state index is 12.7. The van der Waals surface area contributed by atoms with Gasteiger partial charge in [-0.3, -0.25) is 14.9 Å². The second kappa shape index (κ2) is 11.6. The number of morpholine rings is 1. The van der Waals surface area contributed by atoms with Crippen molar-refractivity contribution in [3.8, 4) is 0 Å². The molecule has 2 heterocycles. The van der Waals surface area contributed by atoms with Gasteiger partial charge in [-0.05, 0) is 37.1 Å². The van der Waals surface area contributed by atoms with Crippen molar-refractivity contribution in [3.05, 3.63) is 29.8 Å². The Balaban J connectivity index is 1.28. The van der Waals surface area contributed by atoms with Crippen molar-refractivity contribution >= 4 is 50.1 Å². The Hall–Kier alpha value is -2.06. The smallest absolute Gasteiger partial charge is 0.257 e. The van der Waals surface area contributed by atoms with E-state index in [-0.39, 0.29) is 22.6 Å². The summed E-state index contributed by atoms with van der Waals surface area (Å²) in [5, 5.41) is 14.0. The molecule has 1 aromatic heterocycles. The molecule has 0 unspecified atom stereocenters. The Bertz CT molecular complexity index is 1090. The zero-order chi connectivity index (χ0) is 24.0. The molecule has 4 rings (SSSR count). The first-order valence-electron chi connectivity index (χ1n) is 11.2. The fourth-order valence-corrected chi connectivity index (χ4v) is 6.81. The molecule has 1 aromatic carbocycles. The molecular weight excluding hydrogens is 498 g/mol. The maximum Gasteiger partial charge on any atom is 0.257 e. The van der Waals surface area contributed by atoms with Crippen LogP contribution in [-0.4, -0.2) is 72.8 Å². The van der Waals surface area contributed by atoms with Crippen LogP contribution in [0, 0.1) is 0 Å². The van der Waals surface area contributed by atoms with E-state index in [4.69, 9.17) is 4.74 Å². The lowest BCUT2D eigenvalue weighted by Gasteiger charge is -2.26. The Morgan fingerprint density at radius 2 is 1.79 bits per heavy atom. The van der Waals surface area contributed by atoms with Crippen LogP contribution in [0.4, 0.5) is 5.13 Å². The van der Waals surface area contributed by atoms with E-state index in [1.807, 2.05) is 0 Å². The van der Waals surface area contributed by atoms with Crippen LogP contribution in [0.2, 0.25) is 0 Å². The highest BCUT2D eigenvalue weighted by Crippen LogP contribution is 2.26. The summed E-state index contributed by atoms with van der Waals surface area (Å²) in [6.07, 6.45) is 5.61. The van der Waals surface area contributed by atoms with Crippen molar-refractivity contribution in [3.63, 3.8) is 0 Å². The van der Waals surface area contributed by atoms with Crippen molar-refractivity contribution in [1.82, 2.24) is 19.8 Å². The molecule has 0 spiro atoms. The fraction of sp³-hybridized carbons (Fsp3) is 0.524. The molecule has 0 radical (unpaired) electrons. The number of rotatable bonds is 8. The molecule has 2 N–H and O–H groups in total. The molecule has 1 aliphatic carbocycles. The zero-order valence-corrected chi connectivity index (χ0v) is 21.0. The van der Waals surface area contributed by atoms with Crippen molar-refractivity contribution in [2.45, 2.75) is 47.4 Å². The molecule has 1 saturated carbocycles. The largest absolute Gasteiger partial charge is 0.379 e. The van der Waals surface area contributed by atoms with Gasteiger partial charge in [-0.1, -0.05) is 42.4 Å². The third-order valence-corrected chi connectivity index (χ3v) is 9.53. The molecule has 10 nitrogen and oxygen atoms in total. The third-order valence-electron chi connectivity index (χ3n) is 5.65. The number of carbonyl (C=O) groups excluding carboxylic acids is 2. The van der Waals surface area contributed by atoms with Crippen LogP contribution in [0.1, 0.15) is 42.5 Å². The fourth-order valence-electron chi connectivity index (χ4n) is 3.85. The standard InChI is InChI=1S/C21H27N5O5S3/c27-18(22-16-4-2-1-3-5-16)14-32-21-25-24-20(33-21)23-19(28)15-6-8-17(9-7-15)34(29,30)26-10-12-31-13-11-26/h6-9,16H,1-5,10-14H2,(H,22,27)(H,23,24,28). The molecule has 2 aliphatic rings. The summed E-state index contributed by atoms with van der Waals surface area (Å²) in [5.74, 6) is -0.194. The van der Waals surface area contributed by atoms with Crippen molar-refractivity contribution in [2.75, 3.05) is 37.4 Å². The molecule has 34 heavy (non-hydrogen) atoms. The summed E-state index contributed by atoms with van der Waals surface area (Å²) in [5.41, 5.74) is 0.303. The molecule has 2 amide bonds. The second-order valence-corrected chi connectivity index (χ2v) is 12.2. The van der Waals surface area contributed by atoms with E-state index < -0.39 is 15.9 Å². The summed E-state index contributed by atoms with van der Waals surface area (Å²) in [6, 6.07) is 6.04. The first-order chi connectivity index (χ1) is 16.4. The number of hydrogen-bond acceptors (Lipinski definition) is 9. The monoisotopic (exact) mass is 525 g/mol. The number of benzene rings is 1. The van der Waals surface area contributed by atoms with Gasteiger partial charge in [0.2, 0.25) is 21.1 Å². The average molecular weight is 526 g/mol. The molecule has 184 valence electrons. The molecule has 1 aliphatic heterocycles. The number of hydrogen-bond donors (Lipinski definition) is 2. The van der Waals surface area contributed by atoms with E-state index in [2.05, 4.69) is 20.8 Å². The second-order valence-electron chi connectivity index (χ2n) is 8.06. The van der Waals surface area contributed by atoms with E-state index in [9.17, 15) is 18.0 Å². The van der Waals surface area contributed by atoms with Crippen LogP contribution in [0.5, 0.6) is 0 Å². The Kier molecular flexibility index (Phi) is 8.53. The highest BCUT2D eigenvalue weighted by Gasteiger charge is 2.26. The number of carbonyl (C=O) groups is 2. The van der Waals surface area contributed by atoms with Crippen molar-refractivity contribution < 1.29 is 22.7 Å². The molecule has 0 bridgehead atoms. The van der Waals surface area contributed by atoms with Gasteiger partial charge in [0.1, 0.15) is 0 Å². The first-order valence-corrected chi connectivity index (χ1v) is 14.4. The summed E-state index contributed by atoms with van der Waals surface area (Å²) in [7, 11) is -3.62. The highest BCUT2D eigenvalue weighted by molar-refractivity contribution is 8.01. The van der Waals surface area contributed by atoms with E-state index in [1.165, 1.54) is 58.1 Å². The number of nitrogens with one attached hydrogen (secondary N) is 2. The van der Waals surface area contributed by atoms with Crippen molar-refractivity contribution in [1.29, 1.82) is 0 Å². The van der Waals surface area contributed by atoms with Crippen LogP contribution in [-0.2, 0) is 19.6 Å². The topological polar surface area (TPSA) is 131 Å². The van der Waals surface area contributed by atoms with Crippen LogP contribution in [0.25, 0.3) is 0 Å². The van der Waals surface area contributed by atoms with E-state index in [1.54, 1.807) is 0 Å². The third kappa shape index (κ3) is 6.54. The number of aromatic nitrogens is 2. The summed E-state index contributed by atoms with van der Waals surface area (Å²) < 4.78 is 32.6. The van der Waals surface area contributed by atoms with Gasteiger partial charge in [0.05, 0.1) is 23.9 Å². The number of amides is 2. The van der Waals surface area contributed by atoms with Gasteiger partial charge in [0, 0.05) is 24.7 Å². The average Bonchev–Trinajstić information content (AvgIpc) is 3.31. The SMILES string of the molecule is O=C(CSc1nnc(NC(=O)c2ccc(S(=O)(=O)N3CCOCC3)cc2)s1)NC1CCCCC1. The normalized spacial score (nSPS) is 17.9. The lowest BCUT2D eigenvalue weighted by atomic mass is 9.95. The predicted molar refractivity (Wildman–Crippen MR) is 130 cm³/mol. The van der Waals surface area contributed by atoms with Crippen LogP contribution < -0.4 is 10.6 Å². The maximum atomic E-state index is 12.7. The molecule has 13 heteroatoms. The number of ether oxygens (including phenoxy) is 1. The zero-order valence-electron chi connectivity index (χ0n) is 18.6. The van der Waals surface area contributed by atoms with E-state index in [0.29, 0.717) is 41.3 Å². The Labute approximate surface area is 206 Å². The Morgan fingerprint density at radius 3 is 2.50 bits per heavy atom. The minimum Gasteiger partial charge on any atom is -0.379 e.